The number of ether oxygens (including phenoxy) is 1. The summed E-state index contributed by atoms with van der Waals surface area (Å²) in [4.78, 5) is 15.8. The number of carbonyl (C=O) groups is 1. The molecule has 16 heavy (non-hydrogen) atoms. The molecule has 0 saturated heterocycles. The van der Waals surface area contributed by atoms with E-state index in [0.29, 0.717) is 23.5 Å². The standard InChI is InChI=1S/C11H13N3O2/c1-3-16-11(15)8-4-9(12)10-13-7(2)5-14(10)6-8/h4-6H,3,12H2,1-2H3. The average molecular weight is 219 g/mol. The predicted octanol–water partition coefficient (Wildman–Crippen LogP) is 1.40. The summed E-state index contributed by atoms with van der Waals surface area (Å²) in [5.74, 6) is -0.373. The predicted molar refractivity (Wildman–Crippen MR) is 60.3 cm³/mol. The number of carbonyl (C=O) groups excluding carboxylic acids is 1. The molecule has 2 heterocycles. The molecule has 0 unspecified atom stereocenters. The van der Waals surface area contributed by atoms with Crippen LogP contribution in [0.5, 0.6) is 0 Å². The van der Waals surface area contributed by atoms with Crippen molar-refractivity contribution in [3.8, 4) is 0 Å². The van der Waals surface area contributed by atoms with Gasteiger partial charge in [-0.15, -0.1) is 0 Å². The SMILES string of the molecule is CCOC(=O)c1cc(N)c2nc(C)cn2c1. The molecule has 84 valence electrons. The van der Waals surface area contributed by atoms with E-state index in [1.54, 1.807) is 23.6 Å². The van der Waals surface area contributed by atoms with Crippen LogP contribution in [0.3, 0.4) is 0 Å². The molecule has 2 aromatic heterocycles. The first-order valence-corrected chi connectivity index (χ1v) is 5.03. The number of fused-ring (bicyclic) bond motifs is 1. The van der Waals surface area contributed by atoms with Gasteiger partial charge in [-0.2, -0.15) is 0 Å². The van der Waals surface area contributed by atoms with Crippen LogP contribution in [0.25, 0.3) is 5.65 Å². The Morgan fingerprint density at radius 3 is 3.00 bits per heavy atom. The van der Waals surface area contributed by atoms with Crippen molar-refractivity contribution in [3.05, 3.63) is 29.7 Å². The lowest BCUT2D eigenvalue weighted by Gasteiger charge is -2.04. The number of nitrogens with zero attached hydrogens (tertiary/aromatic N) is 2. The highest BCUT2D eigenvalue weighted by atomic mass is 16.5. The molecule has 2 N–H and O–H groups in total. The molecule has 0 saturated carbocycles. The third kappa shape index (κ3) is 1.71. The summed E-state index contributed by atoms with van der Waals surface area (Å²) >= 11 is 0. The van der Waals surface area contributed by atoms with Gasteiger partial charge in [-0.05, 0) is 19.9 Å². The van der Waals surface area contributed by atoms with Crippen LogP contribution in [0.2, 0.25) is 0 Å². The van der Waals surface area contributed by atoms with Crippen molar-refractivity contribution in [1.82, 2.24) is 9.38 Å². The fourth-order valence-electron chi connectivity index (χ4n) is 1.57. The molecule has 0 spiro atoms. The Hall–Kier alpha value is -2.04. The number of rotatable bonds is 2. The molecule has 0 amide bonds. The molecule has 0 aliphatic carbocycles. The molecule has 0 aliphatic rings. The van der Waals surface area contributed by atoms with Crippen molar-refractivity contribution < 1.29 is 9.53 Å². The first kappa shape index (κ1) is 10.5. The van der Waals surface area contributed by atoms with Gasteiger partial charge in [0.1, 0.15) is 0 Å². The highest BCUT2D eigenvalue weighted by Crippen LogP contribution is 2.16. The average Bonchev–Trinajstić information content (AvgIpc) is 2.59. The van der Waals surface area contributed by atoms with E-state index in [2.05, 4.69) is 4.98 Å². The van der Waals surface area contributed by atoms with Crippen molar-refractivity contribution in [2.24, 2.45) is 0 Å². The van der Waals surface area contributed by atoms with Gasteiger partial charge in [-0.3, -0.25) is 0 Å². The summed E-state index contributed by atoms with van der Waals surface area (Å²) < 4.78 is 6.64. The Morgan fingerprint density at radius 2 is 2.31 bits per heavy atom. The Bertz CT molecular complexity index is 545. The molecule has 2 rings (SSSR count). The van der Waals surface area contributed by atoms with Crippen molar-refractivity contribution in [2.45, 2.75) is 13.8 Å². The van der Waals surface area contributed by atoms with Gasteiger partial charge in [0, 0.05) is 12.4 Å². The first-order chi connectivity index (χ1) is 7.61. The highest BCUT2D eigenvalue weighted by Gasteiger charge is 2.11. The summed E-state index contributed by atoms with van der Waals surface area (Å²) in [7, 11) is 0. The third-order valence-corrected chi connectivity index (χ3v) is 2.21. The molecule has 0 aromatic carbocycles. The maximum Gasteiger partial charge on any atom is 0.339 e. The lowest BCUT2D eigenvalue weighted by atomic mass is 10.2. The van der Waals surface area contributed by atoms with Gasteiger partial charge < -0.3 is 14.9 Å². The van der Waals surface area contributed by atoms with E-state index in [4.69, 9.17) is 10.5 Å². The van der Waals surface area contributed by atoms with Crippen molar-refractivity contribution in [1.29, 1.82) is 0 Å². The van der Waals surface area contributed by atoms with Gasteiger partial charge in [0.25, 0.3) is 0 Å². The van der Waals surface area contributed by atoms with Gasteiger partial charge in [-0.1, -0.05) is 0 Å². The van der Waals surface area contributed by atoms with Crippen LogP contribution >= 0.6 is 0 Å². The Balaban J connectivity index is 2.53. The number of esters is 1. The number of imidazole rings is 1. The summed E-state index contributed by atoms with van der Waals surface area (Å²) in [6, 6.07) is 1.58. The van der Waals surface area contributed by atoms with Gasteiger partial charge in [0.15, 0.2) is 5.65 Å². The zero-order chi connectivity index (χ0) is 11.7. The van der Waals surface area contributed by atoms with Gasteiger partial charge in [0.05, 0.1) is 23.6 Å². The Labute approximate surface area is 92.8 Å². The van der Waals surface area contributed by atoms with Gasteiger partial charge >= 0.3 is 5.97 Å². The lowest BCUT2D eigenvalue weighted by Crippen LogP contribution is -2.07. The molecule has 0 atom stereocenters. The van der Waals surface area contributed by atoms with Crippen LogP contribution in [-0.2, 0) is 4.74 Å². The summed E-state index contributed by atoms with van der Waals surface area (Å²) in [6.45, 7) is 3.98. The summed E-state index contributed by atoms with van der Waals surface area (Å²) in [5.41, 5.74) is 8.23. The smallest absolute Gasteiger partial charge is 0.339 e. The van der Waals surface area contributed by atoms with E-state index in [1.165, 1.54) is 0 Å². The molecule has 0 radical (unpaired) electrons. The summed E-state index contributed by atoms with van der Waals surface area (Å²) in [5, 5.41) is 0. The monoisotopic (exact) mass is 219 g/mol. The molecular weight excluding hydrogens is 206 g/mol. The maximum absolute atomic E-state index is 11.5. The minimum atomic E-state index is -0.373. The number of nitrogens with two attached hydrogens (primary N) is 1. The number of aromatic nitrogens is 2. The largest absolute Gasteiger partial charge is 0.462 e. The number of hydrogen-bond acceptors (Lipinski definition) is 4. The van der Waals surface area contributed by atoms with Gasteiger partial charge in [-0.25, -0.2) is 9.78 Å². The number of nitrogen functional groups attached to an aromatic ring is 1. The van der Waals surface area contributed by atoms with Gasteiger partial charge in [0.2, 0.25) is 0 Å². The number of hydrogen-bond donors (Lipinski definition) is 1. The molecular formula is C11H13N3O2. The zero-order valence-corrected chi connectivity index (χ0v) is 9.23. The van der Waals surface area contributed by atoms with Crippen molar-refractivity contribution in [2.75, 3.05) is 12.3 Å². The van der Waals surface area contributed by atoms with Crippen LogP contribution in [0.4, 0.5) is 5.69 Å². The van der Waals surface area contributed by atoms with E-state index in [1.807, 2.05) is 13.1 Å². The topological polar surface area (TPSA) is 69.6 Å². The van der Waals surface area contributed by atoms with E-state index in [9.17, 15) is 4.79 Å². The van der Waals surface area contributed by atoms with Crippen LogP contribution in [0.15, 0.2) is 18.5 Å². The highest BCUT2D eigenvalue weighted by molar-refractivity contribution is 5.91. The van der Waals surface area contributed by atoms with Crippen molar-refractivity contribution >= 4 is 17.3 Å². The molecule has 5 heteroatoms. The second-order valence-electron chi connectivity index (χ2n) is 3.52. The van der Waals surface area contributed by atoms with Crippen LogP contribution in [0.1, 0.15) is 23.0 Å². The number of aryl methyl sites for hydroxylation is 1. The normalized spacial score (nSPS) is 10.6. The van der Waals surface area contributed by atoms with E-state index < -0.39 is 0 Å². The molecule has 0 bridgehead atoms. The maximum atomic E-state index is 11.5. The molecule has 5 nitrogen and oxygen atoms in total. The third-order valence-electron chi connectivity index (χ3n) is 2.21. The fourth-order valence-corrected chi connectivity index (χ4v) is 1.57. The summed E-state index contributed by atoms with van der Waals surface area (Å²) in [6.07, 6.45) is 3.48. The Kier molecular flexibility index (Phi) is 2.52. The number of anilines is 1. The second-order valence-corrected chi connectivity index (χ2v) is 3.52. The lowest BCUT2D eigenvalue weighted by molar-refractivity contribution is 0.0526. The van der Waals surface area contributed by atoms with E-state index in [0.717, 1.165) is 5.69 Å². The zero-order valence-electron chi connectivity index (χ0n) is 9.23. The quantitative estimate of drug-likeness (QED) is 0.775. The first-order valence-electron chi connectivity index (χ1n) is 5.03. The molecule has 2 aromatic rings. The number of pyridine rings is 1. The van der Waals surface area contributed by atoms with E-state index >= 15 is 0 Å². The minimum Gasteiger partial charge on any atom is -0.462 e. The van der Waals surface area contributed by atoms with Crippen LogP contribution in [-0.4, -0.2) is 22.0 Å². The van der Waals surface area contributed by atoms with E-state index in [-0.39, 0.29) is 5.97 Å². The second kappa shape index (κ2) is 3.84. The molecule has 0 aliphatic heterocycles. The minimum absolute atomic E-state index is 0.347. The fraction of sp³-hybridized carbons (Fsp3) is 0.273. The van der Waals surface area contributed by atoms with Crippen LogP contribution in [0, 0.1) is 6.92 Å². The Morgan fingerprint density at radius 1 is 1.56 bits per heavy atom. The van der Waals surface area contributed by atoms with Crippen LogP contribution < -0.4 is 5.73 Å². The molecule has 0 fully saturated rings. The van der Waals surface area contributed by atoms with Crippen molar-refractivity contribution in [3.63, 3.8) is 0 Å².